The van der Waals surface area contributed by atoms with Gasteiger partial charge in [0.1, 0.15) is 0 Å². The molecule has 30 heavy (non-hydrogen) atoms. The van der Waals surface area contributed by atoms with E-state index in [1.807, 2.05) is 18.2 Å². The molecule has 1 aliphatic heterocycles. The molecule has 0 aliphatic carbocycles. The van der Waals surface area contributed by atoms with Gasteiger partial charge in [-0.15, -0.1) is 0 Å². The van der Waals surface area contributed by atoms with Crippen molar-refractivity contribution in [2.45, 2.75) is 24.7 Å². The lowest BCUT2D eigenvalue weighted by Crippen LogP contribution is -2.23. The standard InChI is InChI=1S/C11H14N3.C8H6O7S/c1-9-8-10(13-12)4-5-11(9)14-6-2-3-7-14;9-7(10)4-1-5(8(11)12)3-6(2-4)16(13,14)15/h4-5,8H,2-3,6-7H2,1H3;1-3H,(H,9,10)(H,11,12)(H,13,14,15)/q+1;/p-1. The van der Waals surface area contributed by atoms with E-state index in [9.17, 15) is 23.1 Å². The highest BCUT2D eigenvalue weighted by atomic mass is 32.2. The maximum absolute atomic E-state index is 10.7. The molecular formula is C19H19N3O7S. The van der Waals surface area contributed by atoms with Crippen LogP contribution in [0.4, 0.5) is 11.4 Å². The number of diazo groups is 1. The third kappa shape index (κ3) is 5.76. The lowest BCUT2D eigenvalue weighted by atomic mass is 10.1. The molecule has 2 aromatic carbocycles. The molecule has 11 heteroatoms. The van der Waals surface area contributed by atoms with Crippen molar-refractivity contribution in [2.75, 3.05) is 18.0 Å². The summed E-state index contributed by atoms with van der Waals surface area (Å²) < 4.78 is 30.1. The van der Waals surface area contributed by atoms with Gasteiger partial charge in [-0.25, -0.2) is 4.79 Å². The van der Waals surface area contributed by atoms with Gasteiger partial charge in [-0.2, -0.15) is 8.42 Å². The van der Waals surface area contributed by atoms with E-state index in [0.717, 1.165) is 19.2 Å². The zero-order valence-corrected chi connectivity index (χ0v) is 16.8. The first-order valence-corrected chi connectivity index (χ1v) is 10.2. The summed E-state index contributed by atoms with van der Waals surface area (Å²) in [5, 5.41) is 27.7. The van der Waals surface area contributed by atoms with E-state index >= 15 is 0 Å². The molecule has 2 N–H and O–H groups in total. The minimum Gasteiger partial charge on any atom is -0.545 e. The molecule has 2 aromatic rings. The molecule has 3 rings (SSSR count). The number of aromatic carboxylic acids is 2. The van der Waals surface area contributed by atoms with Gasteiger partial charge in [0.25, 0.3) is 10.1 Å². The van der Waals surface area contributed by atoms with Crippen molar-refractivity contribution < 1.29 is 32.8 Å². The summed E-state index contributed by atoms with van der Waals surface area (Å²) in [7, 11) is -4.67. The maximum atomic E-state index is 10.7. The van der Waals surface area contributed by atoms with Gasteiger partial charge in [0.2, 0.25) is 5.39 Å². The van der Waals surface area contributed by atoms with Crippen molar-refractivity contribution in [3.05, 3.63) is 58.1 Å². The van der Waals surface area contributed by atoms with Crippen molar-refractivity contribution in [2.24, 2.45) is 0 Å². The Kier molecular flexibility index (Phi) is 7.10. The van der Waals surface area contributed by atoms with Crippen LogP contribution in [-0.2, 0) is 10.1 Å². The second kappa shape index (κ2) is 9.34. The smallest absolute Gasteiger partial charge is 0.385 e. The Balaban J connectivity index is 0.000000215. The van der Waals surface area contributed by atoms with Gasteiger partial charge < -0.3 is 19.9 Å². The Bertz CT molecular complexity index is 1090. The monoisotopic (exact) mass is 433 g/mol. The quantitative estimate of drug-likeness (QED) is 0.542. The maximum Gasteiger partial charge on any atom is 0.385 e. The van der Waals surface area contributed by atoms with Gasteiger partial charge >= 0.3 is 11.7 Å². The summed E-state index contributed by atoms with van der Waals surface area (Å²) in [6.45, 7) is 4.36. The molecule has 10 nitrogen and oxygen atoms in total. The van der Waals surface area contributed by atoms with E-state index in [-0.39, 0.29) is 0 Å². The Morgan fingerprint density at radius 1 is 1.10 bits per heavy atom. The fourth-order valence-electron chi connectivity index (χ4n) is 3.00. The van der Waals surface area contributed by atoms with Gasteiger partial charge in [0.15, 0.2) is 4.98 Å². The Hall–Kier alpha value is -3.49. The average molecular weight is 433 g/mol. The van der Waals surface area contributed by atoms with Gasteiger partial charge in [-0.3, -0.25) is 4.55 Å². The van der Waals surface area contributed by atoms with Gasteiger partial charge in [-0.1, -0.05) is 0 Å². The van der Waals surface area contributed by atoms with Gasteiger partial charge in [0.05, 0.1) is 16.4 Å². The zero-order valence-electron chi connectivity index (χ0n) is 16.0. The van der Waals surface area contributed by atoms with Crippen LogP contribution in [0.5, 0.6) is 0 Å². The number of hydrogen-bond acceptors (Lipinski definition) is 7. The number of anilines is 1. The van der Waals surface area contributed by atoms with Gasteiger partial charge in [0, 0.05) is 30.9 Å². The number of nitrogens with zero attached hydrogens (tertiary/aromatic N) is 3. The molecule has 0 unspecified atom stereocenters. The number of carbonyl (C=O) groups excluding carboxylic acids is 1. The fraction of sp³-hybridized carbons (Fsp3) is 0.263. The van der Waals surface area contributed by atoms with Crippen LogP contribution in [-0.4, -0.2) is 43.1 Å². The molecule has 0 aromatic heterocycles. The molecule has 1 aliphatic rings. The van der Waals surface area contributed by atoms with Crippen LogP contribution in [0, 0.1) is 12.3 Å². The van der Waals surface area contributed by atoms with Crippen molar-refractivity contribution in [1.29, 1.82) is 5.39 Å². The van der Waals surface area contributed by atoms with E-state index in [0.29, 0.717) is 17.8 Å². The molecular weight excluding hydrogens is 414 g/mol. The molecule has 1 fully saturated rings. The molecule has 1 heterocycles. The molecule has 158 valence electrons. The van der Waals surface area contributed by atoms with Crippen LogP contribution in [0.3, 0.4) is 0 Å². The first kappa shape index (κ1) is 22.8. The van der Waals surface area contributed by atoms with E-state index in [1.165, 1.54) is 24.1 Å². The predicted octanol–water partition coefficient (Wildman–Crippen LogP) is 2.07. The van der Waals surface area contributed by atoms with Crippen LogP contribution < -0.4 is 10.0 Å². The number of carbonyl (C=O) groups is 2. The Morgan fingerprint density at radius 3 is 2.17 bits per heavy atom. The molecule has 0 amide bonds. The highest BCUT2D eigenvalue weighted by Crippen LogP contribution is 2.27. The van der Waals surface area contributed by atoms with Crippen molar-refractivity contribution >= 4 is 33.4 Å². The molecule has 0 atom stereocenters. The largest absolute Gasteiger partial charge is 0.545 e. The topological polar surface area (TPSA) is 163 Å². The lowest BCUT2D eigenvalue weighted by Gasteiger charge is -2.19. The zero-order chi connectivity index (χ0) is 22.5. The van der Waals surface area contributed by atoms with Crippen LogP contribution in [0.15, 0.2) is 41.3 Å². The molecule has 0 spiro atoms. The minimum absolute atomic E-state index is 0.575. The van der Waals surface area contributed by atoms with Crippen LogP contribution in [0.2, 0.25) is 0 Å². The fourth-order valence-corrected chi connectivity index (χ4v) is 3.56. The molecule has 0 bridgehead atoms. The van der Waals surface area contributed by atoms with Crippen molar-refractivity contribution in [3.8, 4) is 0 Å². The van der Waals surface area contributed by atoms with Crippen LogP contribution >= 0.6 is 0 Å². The summed E-state index contributed by atoms with van der Waals surface area (Å²) >= 11 is 0. The van der Waals surface area contributed by atoms with E-state index in [2.05, 4.69) is 16.8 Å². The SMILES string of the molecule is Cc1cc([N+]#N)ccc1N1CCCC1.O=C([O-])c1cc(C(=O)O)cc(S(=O)(=O)O)c1. The number of hydrogen-bond donors (Lipinski definition) is 2. The second-order valence-electron chi connectivity index (χ2n) is 6.58. The summed E-state index contributed by atoms with van der Waals surface area (Å²) in [4.78, 5) is 25.8. The molecule has 0 saturated carbocycles. The summed E-state index contributed by atoms with van der Waals surface area (Å²) in [5.74, 6) is -3.26. The second-order valence-corrected chi connectivity index (χ2v) is 8.00. The van der Waals surface area contributed by atoms with Gasteiger partial charge in [-0.05, 0) is 55.2 Å². The number of benzene rings is 2. The van der Waals surface area contributed by atoms with Crippen LogP contribution in [0.25, 0.3) is 4.98 Å². The molecule has 0 radical (unpaired) electrons. The molecule has 1 saturated heterocycles. The summed E-state index contributed by atoms with van der Waals surface area (Å²) in [5.41, 5.74) is 1.87. The normalized spacial score (nSPS) is 13.2. The van der Waals surface area contributed by atoms with Crippen molar-refractivity contribution in [3.63, 3.8) is 0 Å². The first-order chi connectivity index (χ1) is 14.0. The Morgan fingerprint density at radius 2 is 1.70 bits per heavy atom. The third-order valence-electron chi connectivity index (χ3n) is 4.43. The number of rotatable bonds is 4. The van der Waals surface area contributed by atoms with E-state index in [4.69, 9.17) is 15.1 Å². The predicted molar refractivity (Wildman–Crippen MR) is 105 cm³/mol. The highest BCUT2D eigenvalue weighted by Gasteiger charge is 2.17. The number of carboxylic acid groups (broad SMARTS) is 2. The third-order valence-corrected chi connectivity index (χ3v) is 5.26. The number of carboxylic acids is 2. The van der Waals surface area contributed by atoms with E-state index < -0.39 is 38.1 Å². The minimum atomic E-state index is -4.67. The van der Waals surface area contributed by atoms with Crippen LogP contribution in [0.1, 0.15) is 39.1 Å². The van der Waals surface area contributed by atoms with Crippen molar-refractivity contribution in [1.82, 2.24) is 0 Å². The summed E-state index contributed by atoms with van der Waals surface area (Å²) in [6, 6.07) is 7.78. The van der Waals surface area contributed by atoms with E-state index in [1.54, 1.807) is 0 Å². The highest BCUT2D eigenvalue weighted by molar-refractivity contribution is 7.85. The number of aryl methyl sites for hydroxylation is 1. The average Bonchev–Trinajstić information content (AvgIpc) is 3.21. The summed E-state index contributed by atoms with van der Waals surface area (Å²) in [6.07, 6.45) is 2.57. The first-order valence-electron chi connectivity index (χ1n) is 8.81. The lowest BCUT2D eigenvalue weighted by molar-refractivity contribution is -0.255. The Labute approximate surface area is 172 Å².